The number of benzene rings is 6. The number of furan rings is 2. The van der Waals surface area contributed by atoms with Gasteiger partial charge in [0.2, 0.25) is 0 Å². The van der Waals surface area contributed by atoms with Crippen molar-refractivity contribution in [3.63, 3.8) is 0 Å². The van der Waals surface area contributed by atoms with Crippen LogP contribution in [0.4, 0.5) is 0 Å². The van der Waals surface area contributed by atoms with Crippen LogP contribution in [-0.2, 0) is 0 Å². The van der Waals surface area contributed by atoms with E-state index in [1.165, 1.54) is 10.8 Å². The molecule has 6 nitrogen and oxygen atoms in total. The number of fused-ring (bicyclic) bond motifs is 7. The number of aromatic nitrogens is 4. The van der Waals surface area contributed by atoms with Crippen LogP contribution in [0.15, 0.2) is 155 Å². The third-order valence-corrected chi connectivity index (χ3v) is 9.00. The lowest BCUT2D eigenvalue weighted by atomic mass is 10.00. The molecule has 224 valence electrons. The summed E-state index contributed by atoms with van der Waals surface area (Å²) in [5.74, 6) is 1.67. The summed E-state index contributed by atoms with van der Waals surface area (Å²) >= 11 is 0. The van der Waals surface area contributed by atoms with Gasteiger partial charge in [-0.05, 0) is 58.3 Å². The zero-order valence-corrected chi connectivity index (χ0v) is 25.5. The van der Waals surface area contributed by atoms with Crippen LogP contribution in [0.25, 0.3) is 100 Å². The number of hydrogen-bond acceptors (Lipinski definition) is 6. The summed E-state index contributed by atoms with van der Waals surface area (Å²) in [5.41, 5.74) is 8.68. The third-order valence-electron chi connectivity index (χ3n) is 9.00. The van der Waals surface area contributed by atoms with Crippen LogP contribution < -0.4 is 0 Å². The molecule has 0 fully saturated rings. The minimum atomic E-state index is 0.539. The van der Waals surface area contributed by atoms with Crippen LogP contribution in [0.1, 0.15) is 0 Å². The van der Waals surface area contributed by atoms with Gasteiger partial charge < -0.3 is 8.83 Å². The molecule has 0 N–H and O–H groups in total. The van der Waals surface area contributed by atoms with Gasteiger partial charge in [0.15, 0.2) is 23.1 Å². The molecule has 0 aliphatic carbocycles. The first-order valence-electron chi connectivity index (χ1n) is 15.8. The van der Waals surface area contributed by atoms with E-state index in [2.05, 4.69) is 77.8 Å². The van der Waals surface area contributed by atoms with Crippen molar-refractivity contribution in [2.45, 2.75) is 0 Å². The highest BCUT2D eigenvalue weighted by atomic mass is 16.3. The molecule has 0 atom stereocenters. The second kappa shape index (κ2) is 10.4. The van der Waals surface area contributed by atoms with Gasteiger partial charge in [-0.1, -0.05) is 103 Å². The Morgan fingerprint density at radius 3 is 1.83 bits per heavy atom. The van der Waals surface area contributed by atoms with E-state index in [9.17, 15) is 0 Å². The molecule has 4 heterocycles. The Morgan fingerprint density at radius 1 is 0.396 bits per heavy atom. The van der Waals surface area contributed by atoms with Crippen LogP contribution in [0.3, 0.4) is 0 Å². The van der Waals surface area contributed by atoms with Crippen molar-refractivity contribution >= 4 is 54.8 Å². The summed E-state index contributed by atoms with van der Waals surface area (Å²) in [5, 5.41) is 5.28. The Balaban J connectivity index is 1.19. The predicted molar refractivity (Wildman–Crippen MR) is 191 cm³/mol. The van der Waals surface area contributed by atoms with E-state index >= 15 is 0 Å². The van der Waals surface area contributed by atoms with Crippen LogP contribution in [0.2, 0.25) is 0 Å². The number of nitrogens with zero attached hydrogens (tertiary/aromatic N) is 4. The normalized spacial score (nSPS) is 11.8. The quantitative estimate of drug-likeness (QED) is 0.196. The van der Waals surface area contributed by atoms with E-state index in [-0.39, 0.29) is 0 Å². The highest BCUT2D eigenvalue weighted by Crippen LogP contribution is 2.39. The van der Waals surface area contributed by atoms with Crippen molar-refractivity contribution in [2.75, 3.05) is 0 Å². The molecule has 4 aromatic heterocycles. The van der Waals surface area contributed by atoms with E-state index in [1.54, 1.807) is 6.20 Å². The molecule has 0 aliphatic heterocycles. The highest BCUT2D eigenvalue weighted by Gasteiger charge is 2.20. The van der Waals surface area contributed by atoms with E-state index in [0.717, 1.165) is 66.2 Å². The topological polar surface area (TPSA) is 77.8 Å². The minimum Gasteiger partial charge on any atom is -0.456 e. The number of hydrogen-bond donors (Lipinski definition) is 0. The Morgan fingerprint density at radius 2 is 1.00 bits per heavy atom. The molecule has 0 radical (unpaired) electrons. The molecule has 10 aromatic rings. The molecule has 0 aliphatic rings. The Bertz CT molecular complexity index is 2720. The molecule has 0 saturated carbocycles. The minimum absolute atomic E-state index is 0.539. The summed E-state index contributed by atoms with van der Waals surface area (Å²) < 4.78 is 12.4. The summed E-state index contributed by atoms with van der Waals surface area (Å²) in [4.78, 5) is 20.0. The molecule has 0 bridgehead atoms. The van der Waals surface area contributed by atoms with Crippen LogP contribution in [0.5, 0.6) is 0 Å². The highest BCUT2D eigenvalue weighted by molar-refractivity contribution is 6.12. The van der Waals surface area contributed by atoms with Crippen molar-refractivity contribution in [3.05, 3.63) is 146 Å². The number of para-hydroxylation sites is 1. The van der Waals surface area contributed by atoms with Gasteiger partial charge in [0.1, 0.15) is 22.3 Å². The zero-order chi connectivity index (χ0) is 31.6. The largest absolute Gasteiger partial charge is 0.456 e. The zero-order valence-electron chi connectivity index (χ0n) is 25.5. The van der Waals surface area contributed by atoms with Gasteiger partial charge in [0.05, 0.1) is 5.39 Å². The molecule has 48 heavy (non-hydrogen) atoms. The fourth-order valence-corrected chi connectivity index (χ4v) is 6.71. The molecule has 0 unspecified atom stereocenters. The summed E-state index contributed by atoms with van der Waals surface area (Å²) in [7, 11) is 0. The molecule has 0 spiro atoms. The summed E-state index contributed by atoms with van der Waals surface area (Å²) in [6, 6.07) is 47.2. The van der Waals surface area contributed by atoms with Crippen molar-refractivity contribution in [3.8, 4) is 45.3 Å². The molecular formula is C42H24N4O2. The van der Waals surface area contributed by atoms with Gasteiger partial charge in [-0.3, -0.25) is 4.98 Å². The van der Waals surface area contributed by atoms with Gasteiger partial charge >= 0.3 is 0 Å². The number of pyridine rings is 1. The standard InChI is InChI=1S/C42H24N4O2/c1-2-9-28-24-29(22-19-25(28)8-1)26-17-20-27(21-18-26)40-44-41(31-11-5-14-34-37(31)30-10-3-4-13-33(30)47-34)46-42(45-40)32-12-6-15-35-38(32)39-36(48-35)16-7-23-43-39/h1-24H. The fraction of sp³-hybridized carbons (Fsp3) is 0. The third kappa shape index (κ3) is 4.20. The van der Waals surface area contributed by atoms with Gasteiger partial charge in [-0.25, -0.2) is 15.0 Å². The van der Waals surface area contributed by atoms with Crippen molar-refractivity contribution < 1.29 is 8.83 Å². The molecule has 0 amide bonds. The van der Waals surface area contributed by atoms with Crippen molar-refractivity contribution in [1.29, 1.82) is 0 Å². The molecule has 0 saturated heterocycles. The second-order valence-corrected chi connectivity index (χ2v) is 11.9. The maximum absolute atomic E-state index is 6.23. The average molecular weight is 617 g/mol. The second-order valence-electron chi connectivity index (χ2n) is 11.9. The van der Waals surface area contributed by atoms with E-state index in [0.29, 0.717) is 23.1 Å². The number of rotatable bonds is 4. The first-order chi connectivity index (χ1) is 23.8. The Hall–Kier alpha value is -6.66. The lowest BCUT2D eigenvalue weighted by Gasteiger charge is -2.10. The van der Waals surface area contributed by atoms with Gasteiger partial charge in [0.25, 0.3) is 0 Å². The lowest BCUT2D eigenvalue weighted by Crippen LogP contribution is -2.01. The average Bonchev–Trinajstić information content (AvgIpc) is 3.73. The van der Waals surface area contributed by atoms with Crippen LogP contribution >= 0.6 is 0 Å². The SMILES string of the molecule is c1ccc2cc(-c3ccc(-c4nc(-c5cccc6oc7ccccc7c56)nc(-c5cccc6oc7cccnc7c56)n4)cc3)ccc2c1. The van der Waals surface area contributed by atoms with E-state index < -0.39 is 0 Å². The molecule has 6 aromatic carbocycles. The first-order valence-corrected chi connectivity index (χ1v) is 15.8. The lowest BCUT2D eigenvalue weighted by molar-refractivity contribution is 0.668. The van der Waals surface area contributed by atoms with E-state index in [1.807, 2.05) is 66.7 Å². The molecular weight excluding hydrogens is 592 g/mol. The van der Waals surface area contributed by atoms with Gasteiger partial charge in [-0.15, -0.1) is 0 Å². The summed E-state index contributed by atoms with van der Waals surface area (Å²) in [6.07, 6.45) is 1.78. The van der Waals surface area contributed by atoms with Crippen molar-refractivity contribution in [1.82, 2.24) is 19.9 Å². The smallest absolute Gasteiger partial charge is 0.164 e. The fourth-order valence-electron chi connectivity index (χ4n) is 6.71. The Labute approximate surface area is 274 Å². The predicted octanol–water partition coefficient (Wildman–Crippen LogP) is 10.9. The van der Waals surface area contributed by atoms with Gasteiger partial charge in [-0.2, -0.15) is 0 Å². The Kier molecular flexibility index (Phi) is 5.77. The maximum atomic E-state index is 6.23. The molecule has 6 heteroatoms. The van der Waals surface area contributed by atoms with Gasteiger partial charge in [0, 0.05) is 33.7 Å². The first kappa shape index (κ1) is 26.5. The molecule has 10 rings (SSSR count). The van der Waals surface area contributed by atoms with Crippen molar-refractivity contribution in [2.24, 2.45) is 0 Å². The van der Waals surface area contributed by atoms with Crippen LogP contribution in [0, 0.1) is 0 Å². The van der Waals surface area contributed by atoms with E-state index in [4.69, 9.17) is 23.8 Å². The summed E-state index contributed by atoms with van der Waals surface area (Å²) in [6.45, 7) is 0. The monoisotopic (exact) mass is 616 g/mol. The van der Waals surface area contributed by atoms with Crippen LogP contribution in [-0.4, -0.2) is 19.9 Å². The maximum Gasteiger partial charge on any atom is 0.164 e.